The van der Waals surface area contributed by atoms with Crippen molar-refractivity contribution in [2.75, 3.05) is 13.2 Å². The van der Waals surface area contributed by atoms with Crippen LogP contribution in [0.5, 0.6) is 0 Å². The van der Waals surface area contributed by atoms with E-state index in [0.29, 0.717) is 11.8 Å². The molecule has 5 aliphatic rings. The van der Waals surface area contributed by atoms with Crippen LogP contribution in [0.2, 0.25) is 0 Å². The van der Waals surface area contributed by atoms with Crippen molar-refractivity contribution < 1.29 is 14.2 Å². The lowest BCUT2D eigenvalue weighted by Crippen LogP contribution is -2.39. The second kappa shape index (κ2) is 2.97. The molecule has 0 aromatic carbocycles. The molecular weight excluding hydrogens is 228 g/mol. The summed E-state index contributed by atoms with van der Waals surface area (Å²) in [7, 11) is 0. The Bertz CT molecular complexity index is 371. The molecule has 0 spiro atoms. The number of rotatable bonds is 4. The minimum Gasteiger partial charge on any atom is -0.350 e. The highest BCUT2D eigenvalue weighted by atomic mass is 16.8. The normalized spacial score (nSPS) is 65.7. The molecule has 0 radical (unpaired) electrons. The fraction of sp³-hybridized carbons (Fsp3) is 1.00. The van der Waals surface area contributed by atoms with Crippen LogP contribution >= 0.6 is 0 Å². The van der Waals surface area contributed by atoms with E-state index in [-0.39, 0.29) is 11.6 Å². The van der Waals surface area contributed by atoms with E-state index < -0.39 is 0 Å². The average molecular weight is 250 g/mol. The van der Waals surface area contributed by atoms with Gasteiger partial charge in [0.15, 0.2) is 11.6 Å². The Morgan fingerprint density at radius 3 is 1.83 bits per heavy atom. The molecule has 5 fully saturated rings. The number of fused-ring (bicyclic) bond motifs is 1. The number of hydrogen-bond acceptors (Lipinski definition) is 3. The maximum atomic E-state index is 6.54. The molecule has 0 amide bonds. The highest BCUT2D eigenvalue weighted by Gasteiger charge is 2.84. The maximum Gasteiger partial charge on any atom is 0.175 e. The van der Waals surface area contributed by atoms with Crippen LogP contribution in [0.4, 0.5) is 0 Å². The van der Waals surface area contributed by atoms with E-state index in [1.807, 2.05) is 0 Å². The Hall–Kier alpha value is -0.120. The van der Waals surface area contributed by atoms with Crippen LogP contribution in [0.25, 0.3) is 0 Å². The first-order valence-corrected chi connectivity index (χ1v) is 7.73. The first-order chi connectivity index (χ1) is 8.75. The van der Waals surface area contributed by atoms with Crippen LogP contribution in [0, 0.1) is 35.5 Å². The Labute approximate surface area is 108 Å². The number of ether oxygens (including phenoxy) is 3. The first kappa shape index (κ1) is 10.6. The first-order valence-electron chi connectivity index (χ1n) is 7.73. The van der Waals surface area contributed by atoms with E-state index in [1.54, 1.807) is 0 Å². The van der Waals surface area contributed by atoms with E-state index in [1.165, 1.54) is 6.42 Å². The van der Waals surface area contributed by atoms with Gasteiger partial charge in [0, 0.05) is 37.9 Å². The summed E-state index contributed by atoms with van der Waals surface area (Å²) < 4.78 is 18.9. The molecule has 1 heterocycles. The van der Waals surface area contributed by atoms with Crippen LogP contribution in [-0.4, -0.2) is 24.8 Å². The lowest BCUT2D eigenvalue weighted by atomic mass is 9.79. The fourth-order valence-corrected chi connectivity index (χ4v) is 6.76. The van der Waals surface area contributed by atoms with E-state index in [4.69, 9.17) is 14.2 Å². The van der Waals surface area contributed by atoms with Crippen molar-refractivity contribution in [1.29, 1.82) is 0 Å². The van der Waals surface area contributed by atoms with E-state index in [2.05, 4.69) is 13.8 Å². The van der Waals surface area contributed by atoms with Gasteiger partial charge in [0.05, 0.1) is 0 Å². The van der Waals surface area contributed by atoms with Gasteiger partial charge >= 0.3 is 0 Å². The minimum atomic E-state index is -0.274. The van der Waals surface area contributed by atoms with E-state index >= 15 is 0 Å². The summed E-state index contributed by atoms with van der Waals surface area (Å²) >= 11 is 0. The molecule has 18 heavy (non-hydrogen) atoms. The van der Waals surface area contributed by atoms with E-state index in [9.17, 15) is 0 Å². The lowest BCUT2D eigenvalue weighted by Gasteiger charge is -2.32. The van der Waals surface area contributed by atoms with Gasteiger partial charge in [-0.2, -0.15) is 0 Å². The van der Waals surface area contributed by atoms with Crippen LogP contribution < -0.4 is 0 Å². The largest absolute Gasteiger partial charge is 0.350 e. The van der Waals surface area contributed by atoms with Gasteiger partial charge < -0.3 is 14.2 Å². The highest BCUT2D eigenvalue weighted by molar-refractivity contribution is 5.26. The maximum absolute atomic E-state index is 6.54. The molecule has 1 saturated heterocycles. The van der Waals surface area contributed by atoms with Crippen LogP contribution in [0.3, 0.4) is 0 Å². The summed E-state index contributed by atoms with van der Waals surface area (Å²) in [4.78, 5) is 0. The zero-order chi connectivity index (χ0) is 12.1. The Kier molecular flexibility index (Phi) is 1.75. The molecule has 4 aliphatic carbocycles. The molecule has 0 N–H and O–H groups in total. The topological polar surface area (TPSA) is 27.7 Å². The third-order valence-electron chi connectivity index (χ3n) is 6.68. The number of hydrogen-bond donors (Lipinski definition) is 0. The van der Waals surface area contributed by atoms with Gasteiger partial charge in [-0.15, -0.1) is 0 Å². The van der Waals surface area contributed by atoms with Crippen molar-refractivity contribution in [3.63, 3.8) is 0 Å². The SMILES string of the molecule is CCO[C@@]12C[C@H]3[C@H]4C[C@@](OCC)(O1)[C@@H]1[C@H]4C[C@H]3[C@H]12. The van der Waals surface area contributed by atoms with Gasteiger partial charge in [0.1, 0.15) is 0 Å². The van der Waals surface area contributed by atoms with Crippen molar-refractivity contribution in [3.8, 4) is 0 Å². The summed E-state index contributed by atoms with van der Waals surface area (Å²) in [5.41, 5.74) is 0. The summed E-state index contributed by atoms with van der Waals surface area (Å²) in [6.07, 6.45) is 3.71. The predicted molar refractivity (Wildman–Crippen MR) is 64.6 cm³/mol. The van der Waals surface area contributed by atoms with Gasteiger partial charge in [-0.05, 0) is 43.9 Å². The van der Waals surface area contributed by atoms with Crippen LogP contribution in [0.1, 0.15) is 33.1 Å². The zero-order valence-corrected chi connectivity index (χ0v) is 11.2. The van der Waals surface area contributed by atoms with Crippen molar-refractivity contribution in [3.05, 3.63) is 0 Å². The summed E-state index contributed by atoms with van der Waals surface area (Å²) in [6, 6.07) is 0. The molecule has 100 valence electrons. The molecular formula is C15H22O3. The minimum absolute atomic E-state index is 0.274. The van der Waals surface area contributed by atoms with Crippen molar-refractivity contribution in [2.45, 2.75) is 44.7 Å². The molecule has 0 unspecified atom stereocenters. The zero-order valence-electron chi connectivity index (χ0n) is 11.2. The summed E-state index contributed by atoms with van der Waals surface area (Å²) in [5, 5.41) is 0. The highest BCUT2D eigenvalue weighted by Crippen LogP contribution is 2.81. The molecule has 5 rings (SSSR count). The van der Waals surface area contributed by atoms with Crippen molar-refractivity contribution in [1.82, 2.24) is 0 Å². The van der Waals surface area contributed by atoms with Gasteiger partial charge in [0.2, 0.25) is 0 Å². The smallest absolute Gasteiger partial charge is 0.175 e. The second-order valence-corrected chi connectivity index (χ2v) is 6.94. The molecule has 3 nitrogen and oxygen atoms in total. The van der Waals surface area contributed by atoms with Gasteiger partial charge in [-0.3, -0.25) is 0 Å². The molecule has 4 saturated carbocycles. The van der Waals surface area contributed by atoms with Crippen molar-refractivity contribution >= 4 is 0 Å². The van der Waals surface area contributed by atoms with Gasteiger partial charge in [-0.1, -0.05) is 0 Å². The lowest BCUT2D eigenvalue weighted by molar-refractivity contribution is -0.322. The molecule has 0 aromatic rings. The fourth-order valence-electron chi connectivity index (χ4n) is 6.76. The van der Waals surface area contributed by atoms with Gasteiger partial charge in [-0.25, -0.2) is 0 Å². The van der Waals surface area contributed by atoms with Crippen LogP contribution in [-0.2, 0) is 14.2 Å². The molecule has 0 aromatic heterocycles. The van der Waals surface area contributed by atoms with E-state index in [0.717, 1.165) is 49.7 Å². The average Bonchev–Trinajstić information content (AvgIpc) is 2.96. The monoisotopic (exact) mass is 250 g/mol. The Balaban J connectivity index is 1.65. The van der Waals surface area contributed by atoms with Crippen LogP contribution in [0.15, 0.2) is 0 Å². The second-order valence-electron chi connectivity index (χ2n) is 6.94. The third-order valence-corrected chi connectivity index (χ3v) is 6.68. The van der Waals surface area contributed by atoms with Gasteiger partial charge in [0.25, 0.3) is 0 Å². The summed E-state index contributed by atoms with van der Waals surface area (Å²) in [6.45, 7) is 5.71. The Morgan fingerprint density at radius 1 is 0.889 bits per heavy atom. The molecule has 2 bridgehead atoms. The molecule has 1 aliphatic heterocycles. The molecule has 3 heteroatoms. The Morgan fingerprint density at radius 2 is 1.39 bits per heavy atom. The molecule has 8 atom stereocenters. The van der Waals surface area contributed by atoms with Crippen molar-refractivity contribution in [2.24, 2.45) is 35.5 Å². The predicted octanol–water partition coefficient (Wildman–Crippen LogP) is 2.40. The quantitative estimate of drug-likeness (QED) is 0.767. The standard InChI is InChI=1S/C15H22O3/c1-3-16-14-6-10-8-5-9-11(10)7-15(18-14,17-4-2)13(9)12(8)14/h8-13H,3-7H2,1-2H3/t8-,9+,10-,11+,12-,13-,14+,15-/m1/s1. The summed E-state index contributed by atoms with van der Waals surface area (Å²) in [5.74, 6) is 4.21. The third kappa shape index (κ3) is 0.862.